The summed E-state index contributed by atoms with van der Waals surface area (Å²) in [4.78, 5) is 47.9. The Morgan fingerprint density at radius 1 is 0.322 bits per heavy atom. The molecule has 6 aliphatic carbocycles. The summed E-state index contributed by atoms with van der Waals surface area (Å²) < 4.78 is 495. The molecular weight excluding hydrogens is 1720 g/mol. The molecule has 0 saturated heterocycles. The van der Waals surface area contributed by atoms with E-state index in [1.165, 1.54) is 41.5 Å². The average molecular weight is 1810 g/mol. The Bertz CT molecular complexity index is 3250. The molecule has 12 unspecified atom stereocenters. The zero-order chi connectivity index (χ0) is 93.1. The third kappa shape index (κ3) is 22.2. The van der Waals surface area contributed by atoms with Crippen LogP contribution in [-0.2, 0) is 38.1 Å². The van der Waals surface area contributed by atoms with Crippen molar-refractivity contribution in [3.63, 3.8) is 0 Å². The Morgan fingerprint density at radius 2 is 0.559 bits per heavy atom. The summed E-state index contributed by atoms with van der Waals surface area (Å²) in [6, 6.07) is 0. The van der Waals surface area contributed by atoms with E-state index in [0.717, 1.165) is 19.8 Å². The lowest BCUT2D eigenvalue weighted by atomic mass is 9.65. The van der Waals surface area contributed by atoms with Gasteiger partial charge in [-0.05, 0) is 167 Å². The lowest BCUT2D eigenvalue weighted by Crippen LogP contribution is -2.67. The quantitative estimate of drug-likeness (QED) is 0.0289. The van der Waals surface area contributed by atoms with Crippen molar-refractivity contribution < 1.29 is 227 Å². The summed E-state index contributed by atoms with van der Waals surface area (Å²) in [5.74, 6) is -19.2. The number of rotatable bonds is 20. The fraction of sp³-hybridized carbons (Fsp3) is 0.882. The maximum absolute atomic E-state index is 13.3. The molecule has 0 radical (unpaired) electrons. The molecule has 0 amide bonds. The van der Waals surface area contributed by atoms with Crippen LogP contribution in [0.4, 0.5) is 158 Å². The number of ether oxygens (including phenoxy) is 4. The molecule has 4 bridgehead atoms. The van der Waals surface area contributed by atoms with E-state index in [4.69, 9.17) is 14.2 Å². The molecule has 6 N–H and O–H groups in total. The van der Waals surface area contributed by atoms with Crippen LogP contribution in [0.1, 0.15) is 171 Å². The van der Waals surface area contributed by atoms with Gasteiger partial charge in [0.05, 0.1) is 10.8 Å². The van der Waals surface area contributed by atoms with Gasteiger partial charge in [-0.2, -0.15) is 158 Å². The van der Waals surface area contributed by atoms with Gasteiger partial charge in [0.2, 0.25) is 0 Å². The van der Waals surface area contributed by atoms with Crippen LogP contribution in [0.15, 0.2) is 24.3 Å². The Labute approximate surface area is 647 Å². The second-order valence-corrected chi connectivity index (χ2v) is 32.0. The SMILES string of the molecule is C=C(C)C(=O)OC(CC(O)(C(F)(F)F)C(F)(F)F)C1CC2CCC1C2.C=C(C)C(=O)OC1CC(C(O)(C(F)(F)F)C(F)(F)F)CC(C(O)(C(F)(F)F)C(F)(F)F)C1.CCC(C)(C)C(=O)OC(CC(O)(C(F)(F)F)C(F)(F)F)C1CC2CCC1C2.CCC(C)(C)C(=O)OC1CC(C(O)(C(F)(F)F)C(F)(F)F)CC(C(O)(C(F)(F)F)C(F)(F)F)C1. The van der Waals surface area contributed by atoms with Crippen molar-refractivity contribution >= 4 is 23.9 Å². The summed E-state index contributed by atoms with van der Waals surface area (Å²) in [6.07, 6.45) is -93.0. The Morgan fingerprint density at radius 3 is 0.763 bits per heavy atom. The van der Waals surface area contributed by atoms with Gasteiger partial charge in [0.15, 0.2) is 0 Å². The Hall–Kier alpha value is -5.40. The van der Waals surface area contributed by atoms with E-state index in [9.17, 15) is 208 Å². The minimum Gasteiger partial charge on any atom is -0.462 e. The molecule has 0 aromatic carbocycles. The van der Waals surface area contributed by atoms with Crippen molar-refractivity contribution in [2.75, 3.05) is 0 Å². The Balaban J connectivity index is 0.000000409. The number of alkyl halides is 36. The molecule has 6 aliphatic rings. The van der Waals surface area contributed by atoms with E-state index in [0.29, 0.717) is 44.9 Å². The van der Waals surface area contributed by atoms with Gasteiger partial charge in [-0.25, -0.2) is 9.59 Å². The van der Waals surface area contributed by atoms with Crippen LogP contribution in [-0.4, -0.2) is 187 Å². The van der Waals surface area contributed by atoms with E-state index in [-0.39, 0.29) is 35.7 Å². The van der Waals surface area contributed by atoms with Crippen LogP contribution in [0.3, 0.4) is 0 Å². The number of carbonyl (C=O) groups is 4. The fourth-order valence-corrected chi connectivity index (χ4v) is 15.4. The predicted molar refractivity (Wildman–Crippen MR) is 328 cm³/mol. The van der Waals surface area contributed by atoms with Crippen molar-refractivity contribution in [3.8, 4) is 0 Å². The van der Waals surface area contributed by atoms with E-state index >= 15 is 0 Å². The highest BCUT2D eigenvalue weighted by Crippen LogP contribution is 2.63. The molecule has 50 heteroatoms. The molecule has 0 aliphatic heterocycles. The summed E-state index contributed by atoms with van der Waals surface area (Å²) >= 11 is 0. The third-order valence-electron chi connectivity index (χ3n) is 23.2. The molecule has 0 spiro atoms. The second-order valence-electron chi connectivity index (χ2n) is 32.0. The van der Waals surface area contributed by atoms with E-state index in [1.807, 2.05) is 0 Å². The molecule has 6 fully saturated rings. The maximum Gasteiger partial charge on any atom is 0.426 e. The van der Waals surface area contributed by atoms with E-state index in [1.54, 1.807) is 6.92 Å². The van der Waals surface area contributed by atoms with Gasteiger partial charge in [0.25, 0.3) is 33.6 Å². The van der Waals surface area contributed by atoms with Crippen molar-refractivity contribution in [2.24, 2.45) is 70.0 Å². The topological polar surface area (TPSA) is 227 Å². The first-order chi connectivity index (χ1) is 52.1. The molecule has 6 rings (SSSR count). The summed E-state index contributed by atoms with van der Waals surface area (Å²) in [5.41, 5.74) is -36.0. The average Bonchev–Trinajstić information content (AvgIpc) is 0.904. The van der Waals surface area contributed by atoms with E-state index < -0.39 is 259 Å². The van der Waals surface area contributed by atoms with Gasteiger partial charge < -0.3 is 49.6 Å². The lowest BCUT2D eigenvalue weighted by Gasteiger charge is -2.48. The van der Waals surface area contributed by atoms with Gasteiger partial charge in [-0.3, -0.25) is 9.59 Å². The molecule has 118 heavy (non-hydrogen) atoms. The monoisotopic (exact) mass is 1810 g/mol. The second kappa shape index (κ2) is 35.3. The highest BCUT2D eigenvalue weighted by molar-refractivity contribution is 5.87. The lowest BCUT2D eigenvalue weighted by molar-refractivity contribution is -0.406. The van der Waals surface area contributed by atoms with Crippen LogP contribution < -0.4 is 0 Å². The van der Waals surface area contributed by atoms with Crippen molar-refractivity contribution in [1.82, 2.24) is 0 Å². The number of carbonyl (C=O) groups excluding carboxylic acids is 4. The molecule has 6 saturated carbocycles. The van der Waals surface area contributed by atoms with Crippen molar-refractivity contribution in [1.29, 1.82) is 0 Å². The van der Waals surface area contributed by atoms with Crippen molar-refractivity contribution in [3.05, 3.63) is 24.3 Å². The number of hydrogen-bond acceptors (Lipinski definition) is 14. The zero-order valence-electron chi connectivity index (χ0n) is 62.8. The largest absolute Gasteiger partial charge is 0.462 e. The number of fused-ring (bicyclic) bond motifs is 4. The minimum absolute atomic E-state index is 0.0184. The third-order valence-corrected chi connectivity index (χ3v) is 23.2. The molecule has 0 heterocycles. The number of esters is 4. The first-order valence-corrected chi connectivity index (χ1v) is 35.4. The van der Waals surface area contributed by atoms with Crippen LogP contribution in [0.25, 0.3) is 0 Å². The molecule has 12 atom stereocenters. The highest BCUT2D eigenvalue weighted by Gasteiger charge is 2.82. The number of aliphatic hydroxyl groups is 6. The summed E-state index contributed by atoms with van der Waals surface area (Å²) in [5, 5.41) is 57.3. The molecule has 0 aromatic heterocycles. The zero-order valence-corrected chi connectivity index (χ0v) is 62.8. The molecular formula is C68H84F36O14. The maximum atomic E-state index is 13.3. The molecule has 0 aromatic rings. The van der Waals surface area contributed by atoms with Crippen molar-refractivity contribution in [2.45, 2.75) is 303 Å². The van der Waals surface area contributed by atoms with E-state index in [2.05, 4.69) is 17.9 Å². The standard InChI is InChI=1S/C18H22F12O4.C18H26F6O3.C16H16F12O4.C16H20F6O3/c1-4-12(2,3)11(31)34-10-6-8(13(32,15(19,20)21)16(22,23)24)5-9(7-10)14(33,17(25,26)27)18(28,29)30;1-4-15(2,3)14(25)27-13(12-8-10-5-6-11(12)7-10)9-16(26,17(19,20)21)18(22,23)24;1-6(2)10(29)32-9-4-7(11(30,13(17,18)19)14(20,21)22)3-8(5-9)12(31,15(23,24)25)16(26,27)28;1-8(2)13(23)25-12(11-6-9-3-4-10(11)5-9)7-14(24,15(17,18)19)16(20,21)22/h8-10,32-33H,4-7H2,1-3H3;10-13,26H,4-9H2,1-3H3;7-9,30-31H,1,3-5H2,2H3;9-12,24H,1,3-7H2,2H3. The van der Waals surface area contributed by atoms with Crippen LogP contribution in [0.2, 0.25) is 0 Å². The normalized spacial score (nSPS) is 25.8. The predicted octanol–water partition coefficient (Wildman–Crippen LogP) is 19.2. The van der Waals surface area contributed by atoms with Gasteiger partial charge >= 0.3 is 98.0 Å². The van der Waals surface area contributed by atoms with Gasteiger partial charge in [-0.15, -0.1) is 0 Å². The van der Waals surface area contributed by atoms with Gasteiger partial charge in [0.1, 0.15) is 24.4 Å². The van der Waals surface area contributed by atoms with Crippen LogP contribution in [0, 0.1) is 70.0 Å². The summed E-state index contributed by atoms with van der Waals surface area (Å²) in [6.45, 7) is 17.0. The van der Waals surface area contributed by atoms with Crippen LogP contribution in [0.5, 0.6) is 0 Å². The minimum atomic E-state index is -6.59. The smallest absolute Gasteiger partial charge is 0.426 e. The molecule has 14 nitrogen and oxygen atoms in total. The van der Waals surface area contributed by atoms with Crippen LogP contribution >= 0.6 is 0 Å². The first kappa shape index (κ1) is 107. The highest BCUT2D eigenvalue weighted by atomic mass is 19.5. The number of halogens is 36. The summed E-state index contributed by atoms with van der Waals surface area (Å²) in [7, 11) is 0. The van der Waals surface area contributed by atoms with Gasteiger partial charge in [0, 0.05) is 47.7 Å². The Kier molecular flexibility index (Phi) is 32.0. The van der Waals surface area contributed by atoms with Gasteiger partial charge in [-0.1, -0.05) is 39.8 Å². The fourth-order valence-electron chi connectivity index (χ4n) is 15.4. The molecule has 692 valence electrons. The first-order valence-electron chi connectivity index (χ1n) is 35.4. The number of hydrogen-bond donors (Lipinski definition) is 6.